The number of halogens is 1. The molecule has 0 aliphatic carbocycles. The third-order valence-electron chi connectivity index (χ3n) is 4.00. The van der Waals surface area contributed by atoms with Crippen LogP contribution in [0, 0.1) is 5.21 Å². The molecule has 5 nitrogen and oxygen atoms in total. The zero-order valence-electron chi connectivity index (χ0n) is 12.7. The van der Waals surface area contributed by atoms with Crippen molar-refractivity contribution in [1.82, 2.24) is 9.80 Å². The van der Waals surface area contributed by atoms with Gasteiger partial charge in [-0.15, -0.1) is 0 Å². The number of amides is 1. The highest BCUT2D eigenvalue weighted by Crippen LogP contribution is 2.14. The van der Waals surface area contributed by atoms with E-state index in [1.165, 1.54) is 18.0 Å². The molecule has 1 aliphatic heterocycles. The lowest BCUT2D eigenvalue weighted by atomic mass is 10.2. The quantitative estimate of drug-likeness (QED) is 0.638. The molecule has 2 heterocycles. The molecule has 1 aromatic carbocycles. The normalized spacial score (nSPS) is 15.6. The van der Waals surface area contributed by atoms with Gasteiger partial charge >= 0.3 is 0 Å². The second kappa shape index (κ2) is 6.98. The van der Waals surface area contributed by atoms with E-state index >= 15 is 0 Å². The molecule has 2 aromatic rings. The first-order valence-electron chi connectivity index (χ1n) is 7.57. The van der Waals surface area contributed by atoms with Crippen LogP contribution >= 0.6 is 11.6 Å². The first-order chi connectivity index (χ1) is 11.1. The molecule has 0 unspecified atom stereocenters. The average Bonchev–Trinajstić information content (AvgIpc) is 2.56. The van der Waals surface area contributed by atoms with Gasteiger partial charge in [-0.1, -0.05) is 23.7 Å². The number of hydrogen-bond acceptors (Lipinski definition) is 3. The van der Waals surface area contributed by atoms with Gasteiger partial charge in [0.15, 0.2) is 12.4 Å². The summed E-state index contributed by atoms with van der Waals surface area (Å²) in [4.78, 5) is 16.5. The van der Waals surface area contributed by atoms with Gasteiger partial charge in [-0.05, 0) is 17.7 Å². The highest BCUT2D eigenvalue weighted by Gasteiger charge is 2.22. The summed E-state index contributed by atoms with van der Waals surface area (Å²) >= 11 is 6.01. The summed E-state index contributed by atoms with van der Waals surface area (Å²) in [7, 11) is 0. The number of pyridine rings is 1. The molecule has 1 aromatic heterocycles. The molecule has 6 heteroatoms. The first kappa shape index (κ1) is 15.8. The lowest BCUT2D eigenvalue weighted by molar-refractivity contribution is -0.605. The fourth-order valence-corrected chi connectivity index (χ4v) is 2.95. The van der Waals surface area contributed by atoms with E-state index in [2.05, 4.69) is 11.0 Å². The molecule has 0 spiro atoms. The molecule has 3 rings (SSSR count). The van der Waals surface area contributed by atoms with Gasteiger partial charge in [-0.3, -0.25) is 9.69 Å². The number of carbonyl (C=O) groups is 1. The van der Waals surface area contributed by atoms with Gasteiger partial charge in [-0.2, -0.15) is 4.73 Å². The lowest BCUT2D eigenvalue weighted by Gasteiger charge is -2.34. The fourth-order valence-electron chi connectivity index (χ4n) is 2.74. The second-order valence-electron chi connectivity index (χ2n) is 5.64. The molecule has 0 saturated carbocycles. The van der Waals surface area contributed by atoms with Crippen molar-refractivity contribution in [1.29, 1.82) is 0 Å². The molecule has 0 radical (unpaired) electrons. The number of benzene rings is 1. The smallest absolute Gasteiger partial charge is 0.254 e. The maximum atomic E-state index is 12.4. The maximum Gasteiger partial charge on any atom is 0.254 e. The summed E-state index contributed by atoms with van der Waals surface area (Å²) < 4.78 is 0.680. The van der Waals surface area contributed by atoms with Crippen LogP contribution in [0.5, 0.6) is 0 Å². The molecular formula is C17H18ClN3O2. The monoisotopic (exact) mass is 331 g/mol. The molecule has 23 heavy (non-hydrogen) atoms. The van der Waals surface area contributed by atoms with E-state index in [4.69, 9.17) is 11.6 Å². The highest BCUT2D eigenvalue weighted by atomic mass is 35.5. The number of aromatic nitrogens is 1. The van der Waals surface area contributed by atoms with Crippen LogP contribution in [0.4, 0.5) is 0 Å². The topological polar surface area (TPSA) is 50.5 Å². The number of carbonyl (C=O) groups excluding carboxylic acids is 1. The fraction of sp³-hybridized carbons (Fsp3) is 0.294. The minimum absolute atomic E-state index is 0.0204. The van der Waals surface area contributed by atoms with E-state index in [0.29, 0.717) is 23.4 Å². The van der Waals surface area contributed by atoms with Gasteiger partial charge in [-0.25, -0.2) is 0 Å². The van der Waals surface area contributed by atoms with E-state index in [1.54, 1.807) is 12.1 Å². The summed E-state index contributed by atoms with van der Waals surface area (Å²) in [5, 5.41) is 11.8. The number of piperazine rings is 1. The predicted octanol–water partition coefficient (Wildman–Crippen LogP) is 1.93. The third kappa shape index (κ3) is 4.00. The Labute approximate surface area is 140 Å². The predicted molar refractivity (Wildman–Crippen MR) is 88.0 cm³/mol. The molecule has 1 amide bonds. The first-order valence-corrected chi connectivity index (χ1v) is 7.94. The van der Waals surface area contributed by atoms with E-state index in [-0.39, 0.29) is 5.91 Å². The number of rotatable bonds is 3. The van der Waals surface area contributed by atoms with Crippen LogP contribution in [-0.2, 0) is 6.54 Å². The Kier molecular flexibility index (Phi) is 4.79. The summed E-state index contributed by atoms with van der Waals surface area (Å²) in [5.74, 6) is -0.0204. The van der Waals surface area contributed by atoms with E-state index < -0.39 is 0 Å². The number of nitrogens with zero attached hydrogens (tertiary/aromatic N) is 3. The summed E-state index contributed by atoms with van der Waals surface area (Å²) in [6.07, 6.45) is 2.70. The standard InChI is InChI=1S/C17H18ClN3O2/c18-16-3-1-2-14(12-16)13-19-8-10-20(11-9-19)17(22)15-4-6-21(23)7-5-15/h1-7,12H,8-11,13H2. The summed E-state index contributed by atoms with van der Waals surface area (Å²) in [6, 6.07) is 11.0. The van der Waals surface area contributed by atoms with Crippen molar-refractivity contribution in [3.8, 4) is 0 Å². The van der Waals surface area contributed by atoms with Crippen molar-refractivity contribution in [3.05, 3.63) is 70.1 Å². The minimum atomic E-state index is -0.0204. The highest BCUT2D eigenvalue weighted by molar-refractivity contribution is 6.30. The Morgan fingerprint density at radius 2 is 1.83 bits per heavy atom. The Hall–Kier alpha value is -2.11. The molecule has 120 valence electrons. The molecule has 0 N–H and O–H groups in total. The van der Waals surface area contributed by atoms with Crippen molar-refractivity contribution in [2.45, 2.75) is 6.54 Å². The Morgan fingerprint density at radius 3 is 2.48 bits per heavy atom. The Balaban J connectivity index is 1.55. The molecular weight excluding hydrogens is 314 g/mol. The maximum absolute atomic E-state index is 12.4. The lowest BCUT2D eigenvalue weighted by Crippen LogP contribution is -2.48. The Morgan fingerprint density at radius 1 is 1.13 bits per heavy atom. The van der Waals surface area contributed by atoms with Gasteiger partial charge in [0, 0.05) is 49.9 Å². The van der Waals surface area contributed by atoms with Crippen LogP contribution in [0.1, 0.15) is 15.9 Å². The van der Waals surface area contributed by atoms with Gasteiger partial charge in [0.2, 0.25) is 0 Å². The van der Waals surface area contributed by atoms with Crippen molar-refractivity contribution >= 4 is 17.5 Å². The molecule has 1 saturated heterocycles. The number of hydrogen-bond donors (Lipinski definition) is 0. The van der Waals surface area contributed by atoms with Gasteiger partial charge < -0.3 is 10.1 Å². The summed E-state index contributed by atoms with van der Waals surface area (Å²) in [6.45, 7) is 3.86. The van der Waals surface area contributed by atoms with Crippen LogP contribution in [0.25, 0.3) is 0 Å². The van der Waals surface area contributed by atoms with Crippen LogP contribution in [0.3, 0.4) is 0 Å². The molecule has 0 atom stereocenters. The molecule has 1 aliphatic rings. The van der Waals surface area contributed by atoms with Gasteiger partial charge in [0.1, 0.15) is 0 Å². The minimum Gasteiger partial charge on any atom is -0.619 e. The average molecular weight is 332 g/mol. The van der Waals surface area contributed by atoms with E-state index in [9.17, 15) is 10.0 Å². The van der Waals surface area contributed by atoms with Crippen LogP contribution < -0.4 is 4.73 Å². The van der Waals surface area contributed by atoms with Crippen LogP contribution in [-0.4, -0.2) is 41.9 Å². The summed E-state index contributed by atoms with van der Waals surface area (Å²) in [5.41, 5.74) is 1.74. The van der Waals surface area contributed by atoms with Gasteiger partial charge in [0.05, 0.1) is 5.56 Å². The Bertz CT molecular complexity index is 682. The van der Waals surface area contributed by atoms with Gasteiger partial charge in [0.25, 0.3) is 5.91 Å². The molecule has 1 fully saturated rings. The zero-order chi connectivity index (χ0) is 16.2. The van der Waals surface area contributed by atoms with E-state index in [1.807, 2.05) is 23.1 Å². The van der Waals surface area contributed by atoms with Crippen LogP contribution in [0.2, 0.25) is 5.02 Å². The third-order valence-corrected chi connectivity index (χ3v) is 4.24. The van der Waals surface area contributed by atoms with Crippen molar-refractivity contribution in [3.63, 3.8) is 0 Å². The van der Waals surface area contributed by atoms with Crippen molar-refractivity contribution < 1.29 is 9.52 Å². The van der Waals surface area contributed by atoms with Crippen LogP contribution in [0.15, 0.2) is 48.8 Å². The second-order valence-corrected chi connectivity index (χ2v) is 6.08. The van der Waals surface area contributed by atoms with Crippen molar-refractivity contribution in [2.75, 3.05) is 26.2 Å². The van der Waals surface area contributed by atoms with Crippen molar-refractivity contribution in [2.24, 2.45) is 0 Å². The molecule has 0 bridgehead atoms. The SMILES string of the molecule is O=C(c1cc[n+]([O-])cc1)N1CCN(Cc2cccc(Cl)c2)CC1. The van der Waals surface area contributed by atoms with E-state index in [0.717, 1.165) is 24.7 Å². The largest absolute Gasteiger partial charge is 0.619 e. The zero-order valence-corrected chi connectivity index (χ0v) is 13.4.